The van der Waals surface area contributed by atoms with Gasteiger partial charge in [-0.05, 0) is 30.3 Å². The van der Waals surface area contributed by atoms with Crippen molar-refractivity contribution >= 4 is 50.6 Å². The van der Waals surface area contributed by atoms with Gasteiger partial charge >= 0.3 is 5.97 Å². The first-order chi connectivity index (χ1) is 19.1. The Hall–Kier alpha value is -5.09. The minimum absolute atomic E-state index is 0.136. The van der Waals surface area contributed by atoms with E-state index < -0.39 is 36.4 Å². The molecule has 4 rings (SSSR count). The van der Waals surface area contributed by atoms with E-state index in [9.17, 15) is 38.5 Å². The summed E-state index contributed by atoms with van der Waals surface area (Å²) >= 11 is 0. The number of benzene rings is 3. The molecule has 3 aromatic carbocycles. The number of nitrogens with one attached hydrogen (secondary N) is 2. The van der Waals surface area contributed by atoms with Crippen molar-refractivity contribution in [3.63, 3.8) is 0 Å². The van der Waals surface area contributed by atoms with E-state index in [4.69, 9.17) is 4.74 Å². The van der Waals surface area contributed by atoms with E-state index in [1.54, 1.807) is 12.1 Å². The first-order valence-corrected chi connectivity index (χ1v) is 13.1. The van der Waals surface area contributed by atoms with Gasteiger partial charge in [0.25, 0.3) is 21.4 Å². The number of para-hydroxylation sites is 1. The number of aromatic carboxylic acids is 1. The lowest BCUT2D eigenvalue weighted by Gasteiger charge is -2.28. The monoisotopic (exact) mass is 570 g/mol. The molecule has 0 amide bonds. The number of rotatable bonds is 10. The van der Waals surface area contributed by atoms with Gasteiger partial charge in [-0.25, -0.2) is 13.2 Å². The molecule has 1 aliphatic heterocycles. The molecule has 0 unspecified atom stereocenters. The highest BCUT2D eigenvalue weighted by molar-refractivity contribution is 7.92. The number of anilines is 3. The van der Waals surface area contributed by atoms with Crippen LogP contribution < -0.4 is 15.0 Å². The summed E-state index contributed by atoms with van der Waals surface area (Å²) in [5, 5.41) is 36.5. The summed E-state index contributed by atoms with van der Waals surface area (Å²) in [6, 6.07) is 12.8. The second-order valence-corrected chi connectivity index (χ2v) is 10.0. The van der Waals surface area contributed by atoms with Crippen LogP contribution in [-0.2, 0) is 14.8 Å². The Morgan fingerprint density at radius 1 is 0.975 bits per heavy atom. The third kappa shape index (κ3) is 6.30. The molecule has 0 aliphatic carbocycles. The molecule has 208 valence electrons. The summed E-state index contributed by atoms with van der Waals surface area (Å²) in [5.41, 5.74) is 1.82. The van der Waals surface area contributed by atoms with Crippen molar-refractivity contribution in [2.45, 2.75) is 4.90 Å². The van der Waals surface area contributed by atoms with E-state index in [0.29, 0.717) is 37.6 Å². The molecule has 0 spiro atoms. The molecule has 0 bridgehead atoms. The maximum Gasteiger partial charge on any atom is 0.337 e. The molecule has 15 nitrogen and oxygen atoms in total. The van der Waals surface area contributed by atoms with E-state index in [-0.39, 0.29) is 22.6 Å². The molecular weight excluding hydrogens is 548 g/mol. The number of hydrogen-bond donors (Lipinski definition) is 3. The fourth-order valence-corrected chi connectivity index (χ4v) is 5.00. The second-order valence-electron chi connectivity index (χ2n) is 8.37. The van der Waals surface area contributed by atoms with Gasteiger partial charge < -0.3 is 14.7 Å². The summed E-state index contributed by atoms with van der Waals surface area (Å²) in [4.78, 5) is 34.7. The van der Waals surface area contributed by atoms with Crippen molar-refractivity contribution in [3.05, 3.63) is 92.0 Å². The lowest BCUT2D eigenvalue weighted by molar-refractivity contribution is -0.384. The van der Waals surface area contributed by atoms with E-state index in [1.165, 1.54) is 36.5 Å². The van der Waals surface area contributed by atoms with Gasteiger partial charge in [-0.3, -0.25) is 30.4 Å². The zero-order valence-electron chi connectivity index (χ0n) is 20.6. The maximum absolute atomic E-state index is 12.8. The van der Waals surface area contributed by atoms with Crippen LogP contribution in [0.15, 0.2) is 70.7 Å². The minimum atomic E-state index is -4.39. The molecule has 1 heterocycles. The summed E-state index contributed by atoms with van der Waals surface area (Å²) in [7, 11) is -4.39. The predicted molar refractivity (Wildman–Crippen MR) is 145 cm³/mol. The Kier molecular flexibility index (Phi) is 8.20. The zero-order chi connectivity index (χ0) is 28.9. The van der Waals surface area contributed by atoms with Gasteiger partial charge in [0.15, 0.2) is 0 Å². The Bertz CT molecular complexity index is 1600. The van der Waals surface area contributed by atoms with E-state index in [0.717, 1.165) is 18.2 Å². The van der Waals surface area contributed by atoms with Crippen LogP contribution in [0.2, 0.25) is 0 Å². The van der Waals surface area contributed by atoms with Crippen molar-refractivity contribution in [1.82, 2.24) is 0 Å². The molecule has 40 heavy (non-hydrogen) atoms. The summed E-state index contributed by atoms with van der Waals surface area (Å²) in [6.07, 6.45) is 1.23. The van der Waals surface area contributed by atoms with E-state index in [2.05, 4.69) is 15.2 Å². The van der Waals surface area contributed by atoms with Gasteiger partial charge in [0.2, 0.25) is 0 Å². The fourth-order valence-electron chi connectivity index (χ4n) is 3.90. The van der Waals surface area contributed by atoms with Crippen molar-refractivity contribution in [2.75, 3.05) is 41.4 Å². The molecule has 1 fully saturated rings. The fraction of sp³-hybridized carbons (Fsp3) is 0.167. The molecule has 16 heteroatoms. The van der Waals surface area contributed by atoms with Crippen LogP contribution in [-0.4, -0.2) is 61.9 Å². The Labute approximate surface area is 227 Å². The average Bonchev–Trinajstić information content (AvgIpc) is 2.93. The quantitative estimate of drug-likeness (QED) is 0.183. The van der Waals surface area contributed by atoms with Crippen molar-refractivity contribution < 1.29 is 32.9 Å². The number of nitrogens with zero attached hydrogens (tertiary/aromatic N) is 4. The van der Waals surface area contributed by atoms with Gasteiger partial charge in [0.05, 0.1) is 45.4 Å². The summed E-state index contributed by atoms with van der Waals surface area (Å²) in [5.74, 6) is -1.36. The number of sulfonamides is 1. The SMILES string of the molecule is O=C(O)c1ccccc1NS(=O)(=O)c1ccc(N/N=C/c2ccc(N3CCOCC3)c([N+](=O)[O-])c2)c([N+](=O)[O-])c1. The van der Waals surface area contributed by atoms with Crippen molar-refractivity contribution in [1.29, 1.82) is 0 Å². The lowest BCUT2D eigenvalue weighted by atomic mass is 10.1. The summed E-state index contributed by atoms with van der Waals surface area (Å²) in [6.45, 7) is 1.92. The standard InChI is InChI=1S/C24H22N6O9S/c31-24(32)18-3-1-2-4-19(18)27-40(37,38)17-6-7-20(22(14-17)29(33)34)26-25-15-16-5-8-21(23(13-16)30(35)36)28-9-11-39-12-10-28/h1-8,13-15,26-27H,9-12H2,(H,31,32)/b25-15+. The van der Waals surface area contributed by atoms with Crippen LogP contribution in [0.1, 0.15) is 15.9 Å². The number of carboxylic acids is 1. The smallest absolute Gasteiger partial charge is 0.337 e. The highest BCUT2D eigenvalue weighted by atomic mass is 32.2. The van der Waals surface area contributed by atoms with E-state index >= 15 is 0 Å². The topological polar surface area (TPSA) is 207 Å². The zero-order valence-corrected chi connectivity index (χ0v) is 21.4. The first-order valence-electron chi connectivity index (χ1n) is 11.6. The molecule has 1 saturated heterocycles. The Morgan fingerprint density at radius 2 is 1.68 bits per heavy atom. The maximum atomic E-state index is 12.8. The predicted octanol–water partition coefficient (Wildman–Crippen LogP) is 3.28. The number of morpholine rings is 1. The third-order valence-corrected chi connectivity index (χ3v) is 7.19. The first kappa shape index (κ1) is 27.9. The molecule has 3 N–H and O–H groups in total. The lowest BCUT2D eigenvalue weighted by Crippen LogP contribution is -2.36. The van der Waals surface area contributed by atoms with Gasteiger partial charge in [-0.2, -0.15) is 5.10 Å². The van der Waals surface area contributed by atoms with Crippen LogP contribution >= 0.6 is 0 Å². The van der Waals surface area contributed by atoms with Crippen LogP contribution in [0.3, 0.4) is 0 Å². The van der Waals surface area contributed by atoms with Crippen molar-refractivity contribution in [3.8, 4) is 0 Å². The highest BCUT2D eigenvalue weighted by Gasteiger charge is 2.24. The van der Waals surface area contributed by atoms with E-state index in [1.807, 2.05) is 4.90 Å². The third-order valence-electron chi connectivity index (χ3n) is 5.82. The normalized spacial score (nSPS) is 13.7. The second kappa shape index (κ2) is 11.7. The minimum Gasteiger partial charge on any atom is -0.478 e. The highest BCUT2D eigenvalue weighted by Crippen LogP contribution is 2.31. The van der Waals surface area contributed by atoms with Crippen molar-refractivity contribution in [2.24, 2.45) is 5.10 Å². The van der Waals surface area contributed by atoms with Gasteiger partial charge in [-0.1, -0.05) is 18.2 Å². The molecule has 1 aliphatic rings. The van der Waals surface area contributed by atoms with Crippen LogP contribution in [0.4, 0.5) is 28.4 Å². The molecule has 0 aromatic heterocycles. The summed E-state index contributed by atoms with van der Waals surface area (Å²) < 4.78 is 33.1. The average molecular weight is 571 g/mol. The van der Waals surface area contributed by atoms with Gasteiger partial charge in [-0.15, -0.1) is 0 Å². The van der Waals surface area contributed by atoms with Crippen LogP contribution in [0, 0.1) is 20.2 Å². The molecule has 0 saturated carbocycles. The molecular formula is C24H22N6O9S. The number of nitro benzene ring substituents is 2. The Morgan fingerprint density at radius 3 is 2.35 bits per heavy atom. The number of nitro groups is 2. The number of hydrogen-bond acceptors (Lipinski definition) is 11. The molecule has 3 aromatic rings. The molecule has 0 radical (unpaired) electrons. The molecule has 0 atom stereocenters. The van der Waals surface area contributed by atoms with Gasteiger partial charge in [0.1, 0.15) is 11.4 Å². The number of carbonyl (C=O) groups is 1. The van der Waals surface area contributed by atoms with Crippen LogP contribution in [0.25, 0.3) is 0 Å². The van der Waals surface area contributed by atoms with Crippen LogP contribution in [0.5, 0.6) is 0 Å². The number of carboxylic acid groups (broad SMARTS) is 1. The largest absolute Gasteiger partial charge is 0.478 e. The number of ether oxygens (including phenoxy) is 1. The Balaban J connectivity index is 1.55. The number of hydrazone groups is 1. The van der Waals surface area contributed by atoms with Gasteiger partial charge in [0, 0.05) is 30.8 Å².